The van der Waals surface area contributed by atoms with Gasteiger partial charge in [-0.3, -0.25) is 9.59 Å². The van der Waals surface area contributed by atoms with Crippen LogP contribution in [0.5, 0.6) is 0 Å². The predicted molar refractivity (Wildman–Crippen MR) is 109 cm³/mol. The minimum absolute atomic E-state index is 0.0325. The third-order valence-corrected chi connectivity index (χ3v) is 4.89. The van der Waals surface area contributed by atoms with Gasteiger partial charge in [0.25, 0.3) is 0 Å². The molecule has 2 amide bonds. The standard InChI is InChI=1S/C22H24N4O2/c1-14-5-3-8-18(15(14)2)22(19-12-24-13-25-19)16-6-4-7-17(11-16)26-21(28)10-9-20(23)27/h3-8,11-13,22H,9-10H2,1-2H3,(H2,23,27)(H,24,25)(H,26,28). The second kappa shape index (κ2) is 8.52. The number of amides is 2. The summed E-state index contributed by atoms with van der Waals surface area (Å²) in [6.07, 6.45) is 3.60. The second-order valence-corrected chi connectivity index (χ2v) is 6.87. The van der Waals surface area contributed by atoms with Crippen LogP contribution in [0, 0.1) is 13.8 Å². The van der Waals surface area contributed by atoms with Gasteiger partial charge in [-0.1, -0.05) is 30.3 Å². The highest BCUT2D eigenvalue weighted by Crippen LogP contribution is 2.34. The highest BCUT2D eigenvalue weighted by Gasteiger charge is 2.21. The average Bonchev–Trinajstić information content (AvgIpc) is 3.18. The van der Waals surface area contributed by atoms with Crippen LogP contribution in [0.3, 0.4) is 0 Å². The molecule has 0 aliphatic rings. The smallest absolute Gasteiger partial charge is 0.224 e. The Morgan fingerprint density at radius 1 is 1.14 bits per heavy atom. The zero-order valence-corrected chi connectivity index (χ0v) is 16.0. The Labute approximate surface area is 164 Å². The van der Waals surface area contributed by atoms with Crippen molar-refractivity contribution >= 4 is 17.5 Å². The Bertz CT molecular complexity index is 980. The van der Waals surface area contributed by atoms with Gasteiger partial charge in [-0.2, -0.15) is 0 Å². The molecule has 2 aromatic carbocycles. The second-order valence-electron chi connectivity index (χ2n) is 6.87. The first-order valence-electron chi connectivity index (χ1n) is 9.18. The normalized spacial score (nSPS) is 11.8. The van der Waals surface area contributed by atoms with Crippen LogP contribution >= 0.6 is 0 Å². The van der Waals surface area contributed by atoms with Gasteiger partial charge in [-0.25, -0.2) is 4.98 Å². The summed E-state index contributed by atoms with van der Waals surface area (Å²) in [6, 6.07) is 14.0. The van der Waals surface area contributed by atoms with Gasteiger partial charge in [0, 0.05) is 30.4 Å². The number of hydrogen-bond donors (Lipinski definition) is 3. The lowest BCUT2D eigenvalue weighted by Gasteiger charge is -2.21. The van der Waals surface area contributed by atoms with Crippen molar-refractivity contribution in [2.75, 3.05) is 5.32 Å². The molecule has 6 heteroatoms. The summed E-state index contributed by atoms with van der Waals surface area (Å²) in [6.45, 7) is 4.21. The van der Waals surface area contributed by atoms with E-state index in [-0.39, 0.29) is 24.7 Å². The Morgan fingerprint density at radius 3 is 2.64 bits per heavy atom. The number of H-pyrrole nitrogens is 1. The van der Waals surface area contributed by atoms with Gasteiger partial charge in [0.05, 0.1) is 12.2 Å². The number of rotatable bonds is 7. The quantitative estimate of drug-likeness (QED) is 0.589. The first-order chi connectivity index (χ1) is 13.5. The van der Waals surface area contributed by atoms with Crippen LogP contribution in [-0.4, -0.2) is 21.8 Å². The molecule has 6 nitrogen and oxygen atoms in total. The van der Waals surface area contributed by atoms with E-state index >= 15 is 0 Å². The minimum Gasteiger partial charge on any atom is -0.370 e. The third-order valence-electron chi connectivity index (χ3n) is 4.89. The summed E-state index contributed by atoms with van der Waals surface area (Å²) < 4.78 is 0. The summed E-state index contributed by atoms with van der Waals surface area (Å²) in [5, 5.41) is 2.84. The fourth-order valence-electron chi connectivity index (χ4n) is 3.29. The van der Waals surface area contributed by atoms with Crippen molar-refractivity contribution in [2.24, 2.45) is 5.73 Å². The number of carbonyl (C=O) groups excluding carboxylic acids is 2. The molecule has 0 bridgehead atoms. The largest absolute Gasteiger partial charge is 0.370 e. The summed E-state index contributed by atoms with van der Waals surface area (Å²) >= 11 is 0. The van der Waals surface area contributed by atoms with Crippen LogP contribution < -0.4 is 11.1 Å². The maximum Gasteiger partial charge on any atom is 0.224 e. The van der Waals surface area contributed by atoms with E-state index in [4.69, 9.17) is 5.73 Å². The Kier molecular flexibility index (Phi) is 5.89. The number of carbonyl (C=O) groups is 2. The first kappa shape index (κ1) is 19.4. The van der Waals surface area contributed by atoms with Gasteiger partial charge in [0.15, 0.2) is 0 Å². The number of nitrogens with zero attached hydrogens (tertiary/aromatic N) is 1. The van der Waals surface area contributed by atoms with E-state index in [0.717, 1.165) is 11.3 Å². The molecule has 1 atom stereocenters. The fraction of sp³-hybridized carbons (Fsp3) is 0.227. The molecule has 4 N–H and O–H groups in total. The van der Waals surface area contributed by atoms with Crippen LogP contribution in [0.4, 0.5) is 5.69 Å². The zero-order valence-electron chi connectivity index (χ0n) is 16.0. The molecule has 0 aliphatic heterocycles. The van der Waals surface area contributed by atoms with E-state index in [9.17, 15) is 9.59 Å². The van der Waals surface area contributed by atoms with E-state index in [0.29, 0.717) is 5.69 Å². The number of nitrogens with two attached hydrogens (primary N) is 1. The maximum absolute atomic E-state index is 12.1. The Morgan fingerprint density at radius 2 is 1.93 bits per heavy atom. The van der Waals surface area contributed by atoms with Gasteiger partial charge in [-0.15, -0.1) is 0 Å². The van der Waals surface area contributed by atoms with Crippen molar-refractivity contribution in [3.63, 3.8) is 0 Å². The number of hydrogen-bond acceptors (Lipinski definition) is 3. The molecule has 28 heavy (non-hydrogen) atoms. The number of aryl methyl sites for hydroxylation is 1. The molecular weight excluding hydrogens is 352 g/mol. The molecule has 0 saturated heterocycles. The van der Waals surface area contributed by atoms with Gasteiger partial charge in [0.2, 0.25) is 11.8 Å². The highest BCUT2D eigenvalue weighted by molar-refractivity contribution is 5.93. The van der Waals surface area contributed by atoms with Crippen LogP contribution in [0.15, 0.2) is 55.0 Å². The van der Waals surface area contributed by atoms with Crippen molar-refractivity contribution in [3.8, 4) is 0 Å². The van der Waals surface area contributed by atoms with Crippen molar-refractivity contribution < 1.29 is 9.59 Å². The summed E-state index contributed by atoms with van der Waals surface area (Å²) in [5.41, 5.74) is 11.4. The monoisotopic (exact) mass is 376 g/mol. The van der Waals surface area contributed by atoms with E-state index in [2.05, 4.69) is 47.3 Å². The van der Waals surface area contributed by atoms with E-state index in [1.165, 1.54) is 16.7 Å². The molecule has 0 spiro atoms. The molecule has 1 aromatic heterocycles. The van der Waals surface area contributed by atoms with E-state index < -0.39 is 5.91 Å². The lowest BCUT2D eigenvalue weighted by Crippen LogP contribution is -2.17. The van der Waals surface area contributed by atoms with Crippen LogP contribution in [-0.2, 0) is 9.59 Å². The first-order valence-corrected chi connectivity index (χ1v) is 9.18. The number of aromatic nitrogens is 2. The molecule has 0 fully saturated rings. The van der Waals surface area contributed by atoms with Crippen molar-refractivity contribution in [3.05, 3.63) is 82.9 Å². The highest BCUT2D eigenvalue weighted by atomic mass is 16.2. The summed E-state index contributed by atoms with van der Waals surface area (Å²) in [5.74, 6) is -0.760. The van der Waals surface area contributed by atoms with Crippen molar-refractivity contribution in [2.45, 2.75) is 32.6 Å². The van der Waals surface area contributed by atoms with Crippen LogP contribution in [0.25, 0.3) is 0 Å². The van der Waals surface area contributed by atoms with Crippen LogP contribution in [0.1, 0.15) is 46.7 Å². The number of anilines is 1. The molecule has 1 unspecified atom stereocenters. The van der Waals surface area contributed by atoms with Gasteiger partial charge < -0.3 is 16.0 Å². The molecule has 1 heterocycles. The molecular formula is C22H24N4O2. The van der Waals surface area contributed by atoms with Gasteiger partial charge in [-0.05, 0) is 48.2 Å². The molecule has 0 radical (unpaired) electrons. The SMILES string of the molecule is Cc1cccc(C(c2cccc(NC(=O)CCC(N)=O)c2)c2cnc[nH]2)c1C. The number of aromatic amines is 1. The fourth-order valence-corrected chi connectivity index (χ4v) is 3.29. The predicted octanol–water partition coefficient (Wildman–Crippen LogP) is 3.41. The number of imidazole rings is 1. The molecule has 0 saturated carbocycles. The zero-order chi connectivity index (χ0) is 20.1. The number of benzene rings is 2. The van der Waals surface area contributed by atoms with Crippen molar-refractivity contribution in [1.82, 2.24) is 9.97 Å². The molecule has 3 rings (SSSR count). The Balaban J connectivity index is 1.95. The van der Waals surface area contributed by atoms with Crippen molar-refractivity contribution in [1.29, 1.82) is 0 Å². The number of nitrogens with one attached hydrogen (secondary N) is 2. The van der Waals surface area contributed by atoms with Gasteiger partial charge in [0.1, 0.15) is 0 Å². The van der Waals surface area contributed by atoms with E-state index in [1.807, 2.05) is 30.5 Å². The van der Waals surface area contributed by atoms with Gasteiger partial charge >= 0.3 is 0 Å². The topological polar surface area (TPSA) is 101 Å². The minimum atomic E-state index is -0.488. The lowest BCUT2D eigenvalue weighted by molar-refractivity contribution is -0.122. The molecule has 144 valence electrons. The number of primary amides is 1. The maximum atomic E-state index is 12.1. The third kappa shape index (κ3) is 4.46. The van der Waals surface area contributed by atoms with E-state index in [1.54, 1.807) is 6.33 Å². The Hall–Kier alpha value is -3.41. The summed E-state index contributed by atoms with van der Waals surface area (Å²) in [4.78, 5) is 30.4. The average molecular weight is 376 g/mol. The molecule has 0 aliphatic carbocycles. The lowest BCUT2D eigenvalue weighted by atomic mass is 9.85. The molecule has 3 aromatic rings. The summed E-state index contributed by atoms with van der Waals surface area (Å²) in [7, 11) is 0. The van der Waals surface area contributed by atoms with Crippen LogP contribution in [0.2, 0.25) is 0 Å².